The number of benzene rings is 9. The molecule has 0 atom stereocenters. The maximum atomic E-state index is 2.40. The second-order valence-electron chi connectivity index (χ2n) is 12.3. The molecule has 0 heterocycles. The molecule has 9 aromatic rings. The van der Waals surface area contributed by atoms with E-state index < -0.39 is 0 Å². The van der Waals surface area contributed by atoms with Crippen molar-refractivity contribution in [3.63, 3.8) is 0 Å². The summed E-state index contributed by atoms with van der Waals surface area (Å²) in [4.78, 5) is 4.76. The maximum Gasteiger partial charge on any atom is 0.0546 e. The lowest BCUT2D eigenvalue weighted by molar-refractivity contribution is 1.29. The van der Waals surface area contributed by atoms with E-state index in [0.29, 0.717) is 0 Å². The van der Waals surface area contributed by atoms with Crippen molar-refractivity contribution in [2.45, 2.75) is 0 Å². The monoisotopic (exact) mass is 612 g/mol. The molecule has 9 rings (SSSR count). The van der Waals surface area contributed by atoms with E-state index >= 15 is 0 Å². The molecule has 0 N–H and O–H groups in total. The molecule has 226 valence electrons. The molecular weight excluding hydrogens is 581 g/mol. The zero-order valence-electron chi connectivity index (χ0n) is 26.4. The first-order valence-corrected chi connectivity index (χ1v) is 16.4. The first kappa shape index (κ1) is 27.9. The predicted molar refractivity (Wildman–Crippen MR) is 206 cm³/mol. The molecule has 0 aliphatic rings. The highest BCUT2D eigenvalue weighted by atomic mass is 15.1. The third-order valence-corrected chi connectivity index (χ3v) is 9.33. The summed E-state index contributed by atoms with van der Waals surface area (Å²) in [6.07, 6.45) is 0. The lowest BCUT2D eigenvalue weighted by Gasteiger charge is -2.29. The Kier molecular flexibility index (Phi) is 6.84. The first-order valence-electron chi connectivity index (χ1n) is 16.4. The standard InChI is InChI=1S/C46H32N2/c1-3-17-38(18-4-1)47(40-26-23-33-13-7-9-15-35(33)29-40)42-28-25-37-31-46(44-22-12-11-21-43(44)45(37)32-42)48(39-19-5-2-6-20-39)41-27-24-34-14-8-10-16-36(34)30-41/h1-32H. The van der Waals surface area contributed by atoms with Gasteiger partial charge in [0.25, 0.3) is 0 Å². The van der Waals surface area contributed by atoms with Crippen molar-refractivity contribution >= 4 is 77.2 Å². The molecular formula is C46H32N2. The van der Waals surface area contributed by atoms with Gasteiger partial charge in [-0.15, -0.1) is 0 Å². The van der Waals surface area contributed by atoms with E-state index in [9.17, 15) is 0 Å². The minimum absolute atomic E-state index is 1.12. The summed E-state index contributed by atoms with van der Waals surface area (Å²) < 4.78 is 0. The summed E-state index contributed by atoms with van der Waals surface area (Å²) in [6, 6.07) is 70.0. The van der Waals surface area contributed by atoms with Gasteiger partial charge >= 0.3 is 0 Å². The van der Waals surface area contributed by atoms with E-state index in [-0.39, 0.29) is 0 Å². The molecule has 0 radical (unpaired) electrons. The van der Waals surface area contributed by atoms with Crippen molar-refractivity contribution in [2.24, 2.45) is 0 Å². The van der Waals surface area contributed by atoms with Gasteiger partial charge in [0.2, 0.25) is 0 Å². The molecule has 0 unspecified atom stereocenters. The number of anilines is 6. The summed E-state index contributed by atoms with van der Waals surface area (Å²) in [5.41, 5.74) is 6.79. The van der Waals surface area contributed by atoms with Gasteiger partial charge in [0.15, 0.2) is 0 Å². The summed E-state index contributed by atoms with van der Waals surface area (Å²) in [5.74, 6) is 0. The Morgan fingerprint density at radius 1 is 0.229 bits per heavy atom. The van der Waals surface area contributed by atoms with Crippen molar-refractivity contribution in [3.05, 3.63) is 194 Å². The fourth-order valence-corrected chi connectivity index (χ4v) is 7.05. The van der Waals surface area contributed by atoms with E-state index in [1.807, 2.05) is 0 Å². The van der Waals surface area contributed by atoms with Crippen LogP contribution in [-0.4, -0.2) is 0 Å². The fourth-order valence-electron chi connectivity index (χ4n) is 7.05. The zero-order valence-corrected chi connectivity index (χ0v) is 26.4. The molecule has 0 fully saturated rings. The molecule has 2 nitrogen and oxygen atoms in total. The van der Waals surface area contributed by atoms with Crippen molar-refractivity contribution in [1.82, 2.24) is 0 Å². The highest BCUT2D eigenvalue weighted by molar-refractivity contribution is 6.15. The Labute approximate surface area is 280 Å². The normalized spacial score (nSPS) is 11.3. The van der Waals surface area contributed by atoms with Gasteiger partial charge in [-0.3, -0.25) is 0 Å². The van der Waals surface area contributed by atoms with Crippen LogP contribution in [0, 0.1) is 0 Å². The van der Waals surface area contributed by atoms with Gasteiger partial charge in [-0.2, -0.15) is 0 Å². The minimum Gasteiger partial charge on any atom is -0.310 e. The van der Waals surface area contributed by atoms with E-state index in [1.165, 1.54) is 43.1 Å². The van der Waals surface area contributed by atoms with E-state index in [0.717, 1.165) is 34.1 Å². The number of hydrogen-bond acceptors (Lipinski definition) is 2. The first-order chi connectivity index (χ1) is 23.8. The molecule has 0 aromatic heterocycles. The third-order valence-electron chi connectivity index (χ3n) is 9.33. The molecule has 48 heavy (non-hydrogen) atoms. The topological polar surface area (TPSA) is 6.48 Å². The second-order valence-corrected chi connectivity index (χ2v) is 12.3. The number of hydrogen-bond donors (Lipinski definition) is 0. The lowest BCUT2D eigenvalue weighted by Crippen LogP contribution is -2.11. The SMILES string of the molecule is c1ccc(N(c2ccc3ccccc3c2)c2ccc3cc(N(c4ccccc4)c4ccc5ccccc5c4)c4ccccc4c3c2)cc1. The Morgan fingerprint density at radius 3 is 1.27 bits per heavy atom. The molecule has 2 heteroatoms. The molecule has 0 spiro atoms. The van der Waals surface area contributed by atoms with Gasteiger partial charge in [-0.1, -0.05) is 127 Å². The smallest absolute Gasteiger partial charge is 0.0546 e. The van der Waals surface area contributed by atoms with Crippen LogP contribution in [0.3, 0.4) is 0 Å². The van der Waals surface area contributed by atoms with Gasteiger partial charge < -0.3 is 9.80 Å². The van der Waals surface area contributed by atoms with Crippen molar-refractivity contribution < 1.29 is 0 Å². The van der Waals surface area contributed by atoms with Crippen LogP contribution in [0.2, 0.25) is 0 Å². The summed E-state index contributed by atoms with van der Waals surface area (Å²) in [7, 11) is 0. The van der Waals surface area contributed by atoms with Gasteiger partial charge in [-0.25, -0.2) is 0 Å². The summed E-state index contributed by atoms with van der Waals surface area (Å²) >= 11 is 0. The molecule has 0 bridgehead atoms. The number of rotatable bonds is 6. The molecule has 0 aliphatic carbocycles. The van der Waals surface area contributed by atoms with Crippen molar-refractivity contribution in [2.75, 3.05) is 9.80 Å². The van der Waals surface area contributed by atoms with Gasteiger partial charge in [0, 0.05) is 33.8 Å². The molecule has 0 aliphatic heterocycles. The van der Waals surface area contributed by atoms with Gasteiger partial charge in [0.1, 0.15) is 0 Å². The Hall–Kier alpha value is -6.38. The quantitative estimate of drug-likeness (QED) is 0.172. The van der Waals surface area contributed by atoms with Crippen LogP contribution < -0.4 is 9.80 Å². The van der Waals surface area contributed by atoms with Gasteiger partial charge in [0.05, 0.1) is 5.69 Å². The second kappa shape index (κ2) is 11.8. The minimum atomic E-state index is 1.12. The number of nitrogens with zero attached hydrogens (tertiary/aromatic N) is 2. The van der Waals surface area contributed by atoms with Crippen LogP contribution in [0.1, 0.15) is 0 Å². The summed E-state index contributed by atoms with van der Waals surface area (Å²) in [6.45, 7) is 0. The molecule has 0 saturated heterocycles. The average molecular weight is 613 g/mol. The number of para-hydroxylation sites is 2. The van der Waals surface area contributed by atoms with Crippen LogP contribution in [0.15, 0.2) is 194 Å². The largest absolute Gasteiger partial charge is 0.310 e. The Morgan fingerprint density at radius 2 is 0.667 bits per heavy atom. The van der Waals surface area contributed by atoms with E-state index in [2.05, 4.69) is 204 Å². The zero-order chi connectivity index (χ0) is 31.9. The van der Waals surface area contributed by atoms with Crippen LogP contribution in [-0.2, 0) is 0 Å². The van der Waals surface area contributed by atoms with Gasteiger partial charge in [-0.05, 0) is 104 Å². The average Bonchev–Trinajstić information content (AvgIpc) is 3.16. The molecule has 0 saturated carbocycles. The Balaban J connectivity index is 1.26. The van der Waals surface area contributed by atoms with E-state index in [1.54, 1.807) is 0 Å². The number of fused-ring (bicyclic) bond motifs is 5. The van der Waals surface area contributed by atoms with Crippen LogP contribution in [0.25, 0.3) is 43.1 Å². The van der Waals surface area contributed by atoms with Crippen molar-refractivity contribution in [1.29, 1.82) is 0 Å². The summed E-state index contributed by atoms with van der Waals surface area (Å²) in [5, 5.41) is 9.76. The highest BCUT2D eigenvalue weighted by Gasteiger charge is 2.19. The fraction of sp³-hybridized carbons (Fsp3) is 0. The molecule has 0 amide bonds. The van der Waals surface area contributed by atoms with Crippen LogP contribution >= 0.6 is 0 Å². The predicted octanol–water partition coefficient (Wildman–Crippen LogP) is 13.2. The lowest BCUT2D eigenvalue weighted by atomic mass is 9.97. The van der Waals surface area contributed by atoms with Crippen LogP contribution in [0.5, 0.6) is 0 Å². The third kappa shape index (κ3) is 4.92. The van der Waals surface area contributed by atoms with E-state index in [4.69, 9.17) is 0 Å². The van der Waals surface area contributed by atoms with Crippen LogP contribution in [0.4, 0.5) is 34.1 Å². The van der Waals surface area contributed by atoms with Crippen molar-refractivity contribution in [3.8, 4) is 0 Å². The highest BCUT2D eigenvalue weighted by Crippen LogP contribution is 2.44. The maximum absolute atomic E-state index is 2.40. The Bertz CT molecular complexity index is 2570. The molecule has 9 aromatic carbocycles.